The molecule has 15 heavy (non-hydrogen) atoms. The molecule has 0 aliphatic heterocycles. The summed E-state index contributed by atoms with van der Waals surface area (Å²) in [7, 11) is 0. The highest BCUT2D eigenvalue weighted by atomic mass is 16.6. The number of amides is 2. The smallest absolute Gasteiger partial charge is 0.404 e. The van der Waals surface area contributed by atoms with Gasteiger partial charge in [-0.05, 0) is 13.3 Å². The lowest BCUT2D eigenvalue weighted by Gasteiger charge is -2.22. The predicted octanol–water partition coefficient (Wildman–Crippen LogP) is 0.982. The monoisotopic (exact) mass is 218 g/mol. The Morgan fingerprint density at radius 2 is 1.87 bits per heavy atom. The number of carbonyl (C=O) groups excluding carboxylic acids is 2. The van der Waals surface area contributed by atoms with Crippen molar-refractivity contribution in [3.63, 3.8) is 0 Å². The maximum atomic E-state index is 10.5. The second-order valence-corrected chi connectivity index (χ2v) is 3.32. The van der Waals surface area contributed by atoms with E-state index in [1.165, 1.54) is 0 Å². The number of carbonyl (C=O) groups is 2. The molecule has 6 nitrogen and oxygen atoms in total. The summed E-state index contributed by atoms with van der Waals surface area (Å²) in [6.45, 7) is 3.82. The first kappa shape index (κ1) is 13.5. The molecule has 0 saturated heterocycles. The summed E-state index contributed by atoms with van der Waals surface area (Å²) in [6, 6.07) is 0. The molecule has 6 heteroatoms. The van der Waals surface area contributed by atoms with Crippen molar-refractivity contribution >= 4 is 12.2 Å². The van der Waals surface area contributed by atoms with E-state index < -0.39 is 12.2 Å². The SMILES string of the molecule is CCCC(COC(N)=O)C(C)OC(N)=O. The summed E-state index contributed by atoms with van der Waals surface area (Å²) in [5.41, 5.74) is 9.73. The molecule has 0 aromatic rings. The minimum absolute atomic E-state index is 0.0741. The lowest BCUT2D eigenvalue weighted by atomic mass is 9.99. The molecule has 0 aliphatic carbocycles. The Morgan fingerprint density at radius 3 is 2.27 bits per heavy atom. The van der Waals surface area contributed by atoms with Crippen LogP contribution in [0.2, 0.25) is 0 Å². The molecular formula is C9H18N2O4. The molecule has 0 aromatic carbocycles. The molecule has 0 aliphatic rings. The molecular weight excluding hydrogens is 200 g/mol. The molecule has 2 amide bonds. The van der Waals surface area contributed by atoms with Crippen LogP contribution in [0.3, 0.4) is 0 Å². The molecule has 0 rings (SSSR count). The summed E-state index contributed by atoms with van der Waals surface area (Å²) in [6.07, 6.45) is -0.395. The Bertz CT molecular complexity index is 220. The van der Waals surface area contributed by atoms with Gasteiger partial charge in [0, 0.05) is 5.92 Å². The van der Waals surface area contributed by atoms with Gasteiger partial charge in [-0.15, -0.1) is 0 Å². The molecule has 0 heterocycles. The fourth-order valence-corrected chi connectivity index (χ4v) is 1.29. The summed E-state index contributed by atoms with van der Waals surface area (Å²) in [5, 5.41) is 0. The Hall–Kier alpha value is -1.46. The Kier molecular flexibility index (Phi) is 6.24. The van der Waals surface area contributed by atoms with Gasteiger partial charge in [-0.25, -0.2) is 9.59 Å². The third-order valence-electron chi connectivity index (χ3n) is 2.07. The highest BCUT2D eigenvalue weighted by molar-refractivity contribution is 5.65. The van der Waals surface area contributed by atoms with Gasteiger partial charge in [-0.2, -0.15) is 0 Å². The zero-order valence-electron chi connectivity index (χ0n) is 9.06. The number of nitrogens with two attached hydrogens (primary N) is 2. The van der Waals surface area contributed by atoms with E-state index >= 15 is 0 Å². The van der Waals surface area contributed by atoms with Crippen molar-refractivity contribution in [2.45, 2.75) is 32.8 Å². The van der Waals surface area contributed by atoms with Crippen LogP contribution in [0.4, 0.5) is 9.59 Å². The van der Waals surface area contributed by atoms with Gasteiger partial charge < -0.3 is 20.9 Å². The number of hydrogen-bond donors (Lipinski definition) is 2. The highest BCUT2D eigenvalue weighted by Gasteiger charge is 2.20. The molecule has 0 spiro atoms. The van der Waals surface area contributed by atoms with Crippen LogP contribution >= 0.6 is 0 Å². The molecule has 0 aromatic heterocycles. The summed E-state index contributed by atoms with van der Waals surface area (Å²) < 4.78 is 9.47. The van der Waals surface area contributed by atoms with Crippen LogP contribution in [0.1, 0.15) is 26.7 Å². The van der Waals surface area contributed by atoms with Crippen molar-refractivity contribution < 1.29 is 19.1 Å². The molecule has 0 bridgehead atoms. The van der Waals surface area contributed by atoms with E-state index in [1.807, 2.05) is 6.92 Å². The number of rotatable bonds is 6. The van der Waals surface area contributed by atoms with Crippen molar-refractivity contribution in [3.05, 3.63) is 0 Å². The van der Waals surface area contributed by atoms with Crippen molar-refractivity contribution in [1.82, 2.24) is 0 Å². The molecule has 88 valence electrons. The molecule has 0 fully saturated rings. The zero-order chi connectivity index (χ0) is 11.8. The van der Waals surface area contributed by atoms with Crippen LogP contribution in [0, 0.1) is 5.92 Å². The first-order valence-electron chi connectivity index (χ1n) is 4.85. The standard InChI is InChI=1S/C9H18N2O4/c1-3-4-7(5-14-8(10)12)6(2)15-9(11)13/h6-7H,3-5H2,1-2H3,(H2,10,12)(H2,11,13). The van der Waals surface area contributed by atoms with E-state index in [-0.39, 0.29) is 18.6 Å². The fraction of sp³-hybridized carbons (Fsp3) is 0.778. The van der Waals surface area contributed by atoms with Crippen LogP contribution in [-0.4, -0.2) is 24.9 Å². The highest BCUT2D eigenvalue weighted by Crippen LogP contribution is 2.15. The van der Waals surface area contributed by atoms with E-state index in [1.54, 1.807) is 6.92 Å². The van der Waals surface area contributed by atoms with E-state index in [2.05, 4.69) is 4.74 Å². The summed E-state index contributed by atoms with van der Waals surface area (Å²) in [4.78, 5) is 20.9. The van der Waals surface area contributed by atoms with Crippen LogP contribution < -0.4 is 11.5 Å². The molecule has 0 saturated carbocycles. The fourth-order valence-electron chi connectivity index (χ4n) is 1.29. The first-order valence-corrected chi connectivity index (χ1v) is 4.85. The van der Waals surface area contributed by atoms with Crippen molar-refractivity contribution in [3.8, 4) is 0 Å². The van der Waals surface area contributed by atoms with E-state index in [0.717, 1.165) is 12.8 Å². The summed E-state index contributed by atoms with van der Waals surface area (Å²) >= 11 is 0. The zero-order valence-corrected chi connectivity index (χ0v) is 9.06. The minimum atomic E-state index is -0.831. The maximum Gasteiger partial charge on any atom is 0.404 e. The normalized spacial score (nSPS) is 14.0. The molecule has 0 radical (unpaired) electrons. The van der Waals surface area contributed by atoms with Gasteiger partial charge >= 0.3 is 12.2 Å². The molecule has 4 N–H and O–H groups in total. The summed E-state index contributed by atoms with van der Waals surface area (Å²) in [5.74, 6) is -0.0741. The van der Waals surface area contributed by atoms with E-state index in [0.29, 0.717) is 0 Å². The lowest BCUT2D eigenvalue weighted by Crippen LogP contribution is -2.31. The quantitative estimate of drug-likeness (QED) is 0.693. The van der Waals surface area contributed by atoms with Gasteiger partial charge in [-0.1, -0.05) is 13.3 Å². The van der Waals surface area contributed by atoms with Crippen LogP contribution in [0.5, 0.6) is 0 Å². The van der Waals surface area contributed by atoms with Gasteiger partial charge in [-0.3, -0.25) is 0 Å². The molecule has 2 atom stereocenters. The predicted molar refractivity (Wildman–Crippen MR) is 54.1 cm³/mol. The minimum Gasteiger partial charge on any atom is -0.449 e. The lowest BCUT2D eigenvalue weighted by molar-refractivity contribution is 0.0439. The Morgan fingerprint density at radius 1 is 1.27 bits per heavy atom. The molecule has 2 unspecified atom stereocenters. The van der Waals surface area contributed by atoms with E-state index in [9.17, 15) is 9.59 Å². The number of hydrogen-bond acceptors (Lipinski definition) is 4. The number of primary amides is 2. The third kappa shape index (κ3) is 6.59. The van der Waals surface area contributed by atoms with Gasteiger partial charge in [0.15, 0.2) is 0 Å². The largest absolute Gasteiger partial charge is 0.449 e. The first-order chi connectivity index (χ1) is 6.97. The topological polar surface area (TPSA) is 105 Å². The van der Waals surface area contributed by atoms with Crippen LogP contribution in [0.25, 0.3) is 0 Å². The van der Waals surface area contributed by atoms with Gasteiger partial charge in [0.1, 0.15) is 6.10 Å². The van der Waals surface area contributed by atoms with Crippen molar-refractivity contribution in [2.24, 2.45) is 17.4 Å². The van der Waals surface area contributed by atoms with Crippen LogP contribution in [0.15, 0.2) is 0 Å². The average Bonchev–Trinajstić information content (AvgIpc) is 2.10. The van der Waals surface area contributed by atoms with E-state index in [4.69, 9.17) is 16.2 Å². The maximum absolute atomic E-state index is 10.5. The van der Waals surface area contributed by atoms with Crippen LogP contribution in [-0.2, 0) is 9.47 Å². The van der Waals surface area contributed by atoms with Gasteiger partial charge in [0.2, 0.25) is 0 Å². The second kappa shape index (κ2) is 6.92. The third-order valence-corrected chi connectivity index (χ3v) is 2.07. The Balaban J connectivity index is 4.10. The van der Waals surface area contributed by atoms with Crippen molar-refractivity contribution in [1.29, 1.82) is 0 Å². The number of ether oxygens (including phenoxy) is 2. The van der Waals surface area contributed by atoms with Gasteiger partial charge in [0.05, 0.1) is 6.61 Å². The second-order valence-electron chi connectivity index (χ2n) is 3.32. The van der Waals surface area contributed by atoms with Crippen molar-refractivity contribution in [2.75, 3.05) is 6.61 Å². The Labute approximate surface area is 88.9 Å². The van der Waals surface area contributed by atoms with Gasteiger partial charge in [0.25, 0.3) is 0 Å². The average molecular weight is 218 g/mol.